The van der Waals surface area contributed by atoms with E-state index in [1.54, 1.807) is 6.26 Å². The quantitative estimate of drug-likeness (QED) is 0.561. The minimum Gasteiger partial charge on any atom is -0.467 e. The minimum absolute atomic E-state index is 0.0381. The highest BCUT2D eigenvalue weighted by atomic mass is 16.3. The van der Waals surface area contributed by atoms with Crippen molar-refractivity contribution in [2.75, 3.05) is 23.7 Å². The van der Waals surface area contributed by atoms with Gasteiger partial charge in [-0.2, -0.15) is 0 Å². The molecule has 2 aromatic carbocycles. The molecule has 0 radical (unpaired) electrons. The van der Waals surface area contributed by atoms with Gasteiger partial charge in [-0.25, -0.2) is 4.79 Å². The van der Waals surface area contributed by atoms with Gasteiger partial charge in [0.2, 0.25) is 5.91 Å². The van der Waals surface area contributed by atoms with Crippen LogP contribution >= 0.6 is 0 Å². The monoisotopic (exact) mass is 418 g/mol. The molecule has 0 aliphatic carbocycles. The summed E-state index contributed by atoms with van der Waals surface area (Å²) < 4.78 is 5.35. The van der Waals surface area contributed by atoms with Gasteiger partial charge >= 0.3 is 6.03 Å². The van der Waals surface area contributed by atoms with Crippen molar-refractivity contribution in [1.29, 1.82) is 0 Å². The summed E-state index contributed by atoms with van der Waals surface area (Å²) in [4.78, 5) is 27.0. The summed E-state index contributed by atoms with van der Waals surface area (Å²) in [5, 5.41) is 8.77. The number of para-hydroxylation sites is 1. The van der Waals surface area contributed by atoms with Gasteiger partial charge in [0.15, 0.2) is 0 Å². The second-order valence-electron chi connectivity index (χ2n) is 7.65. The van der Waals surface area contributed by atoms with Crippen molar-refractivity contribution in [3.05, 3.63) is 83.8 Å². The van der Waals surface area contributed by atoms with Gasteiger partial charge in [0.25, 0.3) is 0 Å². The number of amides is 3. The molecule has 1 aromatic heterocycles. The molecule has 0 saturated carbocycles. The van der Waals surface area contributed by atoms with E-state index in [4.69, 9.17) is 4.42 Å². The third kappa shape index (κ3) is 5.32. The number of carbonyl (C=O) groups is 2. The molecule has 1 atom stereocenters. The Balaban J connectivity index is 1.34. The summed E-state index contributed by atoms with van der Waals surface area (Å²) in [6.07, 6.45) is 2.36. The standard InChI is InChI=1S/C24H26N4O3/c1-17(22-11-6-14-31-22)25-23(29)16-28-13-12-20-18(15-28)7-5-10-21(20)27-24(30)26-19-8-3-2-4-9-19/h2-11,14,17H,12-13,15-16H2,1H3,(H,25,29)(H2,26,27,30). The smallest absolute Gasteiger partial charge is 0.323 e. The second kappa shape index (κ2) is 9.49. The average Bonchev–Trinajstić information content (AvgIpc) is 3.29. The molecule has 7 heteroatoms. The Kier molecular flexibility index (Phi) is 6.33. The molecule has 3 aromatic rings. The number of rotatable bonds is 6. The van der Waals surface area contributed by atoms with Gasteiger partial charge in [-0.15, -0.1) is 0 Å². The van der Waals surface area contributed by atoms with Crippen LogP contribution in [0.3, 0.4) is 0 Å². The van der Waals surface area contributed by atoms with E-state index in [-0.39, 0.29) is 18.0 Å². The lowest BCUT2D eigenvalue weighted by atomic mass is 9.97. The number of benzene rings is 2. The Morgan fingerprint density at radius 2 is 1.87 bits per heavy atom. The maximum absolute atomic E-state index is 12.5. The van der Waals surface area contributed by atoms with E-state index in [1.165, 1.54) is 0 Å². The molecular weight excluding hydrogens is 392 g/mol. The average molecular weight is 418 g/mol. The fourth-order valence-corrected chi connectivity index (χ4v) is 3.83. The van der Waals surface area contributed by atoms with Gasteiger partial charge in [0, 0.05) is 24.5 Å². The number of hydrogen-bond donors (Lipinski definition) is 3. The molecular formula is C24H26N4O3. The van der Waals surface area contributed by atoms with E-state index in [0.717, 1.165) is 41.2 Å². The van der Waals surface area contributed by atoms with Crippen LogP contribution in [0, 0.1) is 0 Å². The van der Waals surface area contributed by atoms with E-state index in [9.17, 15) is 9.59 Å². The fraction of sp³-hybridized carbons (Fsp3) is 0.250. The van der Waals surface area contributed by atoms with Crippen LogP contribution in [0.25, 0.3) is 0 Å². The van der Waals surface area contributed by atoms with Crippen LogP contribution in [-0.2, 0) is 17.8 Å². The van der Waals surface area contributed by atoms with Crippen LogP contribution < -0.4 is 16.0 Å². The van der Waals surface area contributed by atoms with Crippen LogP contribution in [-0.4, -0.2) is 29.9 Å². The maximum atomic E-state index is 12.5. The van der Waals surface area contributed by atoms with Crippen LogP contribution in [0.2, 0.25) is 0 Å². The lowest BCUT2D eigenvalue weighted by Crippen LogP contribution is -2.40. The lowest BCUT2D eigenvalue weighted by molar-refractivity contribution is -0.123. The first-order valence-electron chi connectivity index (χ1n) is 10.4. The SMILES string of the molecule is CC(NC(=O)CN1CCc2c(cccc2NC(=O)Nc2ccccc2)C1)c1ccco1. The molecule has 160 valence electrons. The molecule has 0 saturated heterocycles. The van der Waals surface area contributed by atoms with Crippen molar-refractivity contribution in [2.45, 2.75) is 25.9 Å². The summed E-state index contributed by atoms with van der Waals surface area (Å²) in [5.74, 6) is 0.700. The van der Waals surface area contributed by atoms with E-state index < -0.39 is 0 Å². The first-order valence-corrected chi connectivity index (χ1v) is 10.4. The lowest BCUT2D eigenvalue weighted by Gasteiger charge is -2.30. The number of hydrogen-bond acceptors (Lipinski definition) is 4. The molecule has 3 N–H and O–H groups in total. The van der Waals surface area contributed by atoms with Gasteiger partial charge in [0.05, 0.1) is 18.8 Å². The number of carbonyl (C=O) groups excluding carboxylic acids is 2. The largest absolute Gasteiger partial charge is 0.467 e. The molecule has 2 heterocycles. The Morgan fingerprint density at radius 3 is 2.65 bits per heavy atom. The molecule has 1 unspecified atom stereocenters. The van der Waals surface area contributed by atoms with Crippen molar-refractivity contribution in [2.24, 2.45) is 0 Å². The zero-order chi connectivity index (χ0) is 21.6. The van der Waals surface area contributed by atoms with Crippen LogP contribution in [0.5, 0.6) is 0 Å². The Labute approximate surface area is 181 Å². The number of furan rings is 1. The minimum atomic E-state index is -0.270. The predicted octanol–water partition coefficient (Wildman–Crippen LogP) is 4.16. The predicted molar refractivity (Wildman–Crippen MR) is 120 cm³/mol. The number of nitrogens with one attached hydrogen (secondary N) is 3. The maximum Gasteiger partial charge on any atom is 0.323 e. The first-order chi connectivity index (χ1) is 15.1. The van der Waals surface area contributed by atoms with Gasteiger partial charge in [-0.3, -0.25) is 9.69 Å². The summed E-state index contributed by atoms with van der Waals surface area (Å²) in [5.41, 5.74) is 3.79. The Morgan fingerprint density at radius 1 is 1.03 bits per heavy atom. The molecule has 0 bridgehead atoms. The van der Waals surface area contributed by atoms with Crippen molar-refractivity contribution in [3.63, 3.8) is 0 Å². The number of urea groups is 1. The summed E-state index contributed by atoms with van der Waals surface area (Å²) >= 11 is 0. The highest BCUT2D eigenvalue weighted by Crippen LogP contribution is 2.26. The summed E-state index contributed by atoms with van der Waals surface area (Å²) in [6.45, 7) is 3.62. The number of anilines is 2. The van der Waals surface area contributed by atoms with Crippen LogP contribution in [0.4, 0.5) is 16.2 Å². The summed E-state index contributed by atoms with van der Waals surface area (Å²) in [7, 11) is 0. The van der Waals surface area contributed by atoms with E-state index >= 15 is 0 Å². The van der Waals surface area contributed by atoms with Crippen molar-refractivity contribution >= 4 is 23.3 Å². The third-order valence-electron chi connectivity index (χ3n) is 5.34. The molecule has 1 aliphatic rings. The van der Waals surface area contributed by atoms with Crippen molar-refractivity contribution in [3.8, 4) is 0 Å². The van der Waals surface area contributed by atoms with Crippen LogP contribution in [0.15, 0.2) is 71.3 Å². The zero-order valence-electron chi connectivity index (χ0n) is 17.4. The van der Waals surface area contributed by atoms with E-state index in [0.29, 0.717) is 13.1 Å². The molecule has 7 nitrogen and oxygen atoms in total. The molecule has 0 spiro atoms. The fourth-order valence-electron chi connectivity index (χ4n) is 3.83. The summed E-state index contributed by atoms with van der Waals surface area (Å²) in [6, 6.07) is 18.5. The topological polar surface area (TPSA) is 86.6 Å². The molecule has 3 amide bonds. The third-order valence-corrected chi connectivity index (χ3v) is 5.34. The van der Waals surface area contributed by atoms with Gasteiger partial charge in [-0.1, -0.05) is 30.3 Å². The van der Waals surface area contributed by atoms with Crippen molar-refractivity contribution < 1.29 is 14.0 Å². The molecule has 4 rings (SSSR count). The highest BCUT2D eigenvalue weighted by Gasteiger charge is 2.22. The molecule has 1 aliphatic heterocycles. The zero-order valence-corrected chi connectivity index (χ0v) is 17.4. The van der Waals surface area contributed by atoms with E-state index in [2.05, 4.69) is 20.9 Å². The highest BCUT2D eigenvalue weighted by molar-refractivity contribution is 6.00. The number of nitrogens with zero attached hydrogens (tertiary/aromatic N) is 1. The van der Waals surface area contributed by atoms with Gasteiger partial charge in [0.1, 0.15) is 5.76 Å². The normalized spacial score (nSPS) is 14.4. The second-order valence-corrected chi connectivity index (χ2v) is 7.65. The van der Waals surface area contributed by atoms with Gasteiger partial charge in [-0.05, 0) is 54.8 Å². The molecule has 0 fully saturated rings. The van der Waals surface area contributed by atoms with Crippen LogP contribution in [0.1, 0.15) is 29.9 Å². The number of fused-ring (bicyclic) bond motifs is 1. The Hall–Kier alpha value is -3.58. The van der Waals surface area contributed by atoms with Crippen molar-refractivity contribution in [1.82, 2.24) is 10.2 Å². The van der Waals surface area contributed by atoms with Gasteiger partial charge < -0.3 is 20.4 Å². The van der Waals surface area contributed by atoms with E-state index in [1.807, 2.05) is 67.6 Å². The Bertz CT molecular complexity index is 1030. The molecule has 31 heavy (non-hydrogen) atoms. The first kappa shape index (κ1) is 20.7.